The highest BCUT2D eigenvalue weighted by Crippen LogP contribution is 2.38. The maximum atomic E-state index is 12.3. The SMILES string of the molecule is CCCO[C@@H]1OC(C)[C@H](O)[C@H](O[C@@H]2OC(C)[C@H](O)[C@H](O)C2O[C@@H]2OC(C)[C@H](O)[C@H](O[C@H]3O[C@@H](CO)[C@@H](O)C(O)C3O)C2O[C@@H]2OC(CO)[C@@H](O)C(O)[C@@H]2NC(C)=O)C1C. The van der Waals surface area contributed by atoms with Gasteiger partial charge in [0.15, 0.2) is 31.5 Å². The molecular formula is C36H63NO22. The van der Waals surface area contributed by atoms with E-state index in [1.165, 1.54) is 13.8 Å². The van der Waals surface area contributed by atoms with Crippen LogP contribution in [-0.4, -0.2) is 229 Å². The zero-order valence-corrected chi connectivity index (χ0v) is 33.7. The Morgan fingerprint density at radius 3 is 1.56 bits per heavy atom. The summed E-state index contributed by atoms with van der Waals surface area (Å²) < 4.78 is 60.1. The molecule has 0 aromatic heterocycles. The van der Waals surface area contributed by atoms with Crippen LogP contribution in [0.25, 0.3) is 0 Å². The molecule has 1 amide bonds. The molecule has 0 bridgehead atoms. The van der Waals surface area contributed by atoms with Crippen LogP contribution in [0.3, 0.4) is 0 Å². The van der Waals surface area contributed by atoms with Gasteiger partial charge in [-0.1, -0.05) is 13.8 Å². The van der Waals surface area contributed by atoms with Gasteiger partial charge in [0, 0.05) is 19.4 Å². The molecule has 25 atom stereocenters. The zero-order chi connectivity index (χ0) is 43.6. The van der Waals surface area contributed by atoms with E-state index in [9.17, 15) is 61.0 Å². The van der Waals surface area contributed by atoms with E-state index in [2.05, 4.69) is 5.32 Å². The molecule has 0 radical (unpaired) electrons. The molecule has 0 aromatic carbocycles. The molecule has 5 heterocycles. The minimum absolute atomic E-state index is 0.345. The van der Waals surface area contributed by atoms with E-state index in [1.807, 2.05) is 6.92 Å². The third kappa shape index (κ3) is 10.5. The molecule has 23 heteroatoms. The lowest BCUT2D eigenvalue weighted by molar-refractivity contribution is -0.407. The van der Waals surface area contributed by atoms with Gasteiger partial charge in [0.25, 0.3) is 0 Å². The number of aliphatic hydroxyl groups excluding tert-OH is 11. The highest BCUT2D eigenvalue weighted by molar-refractivity contribution is 5.73. The molecular weight excluding hydrogens is 798 g/mol. The Kier molecular flexibility index (Phi) is 17.2. The van der Waals surface area contributed by atoms with E-state index in [4.69, 9.17) is 47.4 Å². The number of aliphatic hydroxyl groups is 11. The standard InChI is InChI=1S/C36H63NO22/c1-7-8-50-32-11(2)28(20(42)13(4)51-32)56-35-30(26(48)19(41)12(3)52-35)58-36-31(59-33-18(37-15(6)40)24(46)22(44)16(9-38)54-33)29(21(43)14(5)53-36)57-34-27(49)25(47)23(45)17(10-39)55-34/h11-14,16-36,38-39,41-49H,7-10H2,1-6H3,(H,37,40)/t11?,12?,13?,14?,16?,17-,18-,19-,20-,21-,22+,23+,24?,25?,26-,27?,28+,29-,30?,31?,32+,33-,34+,35-,36-/m0/s1. The highest BCUT2D eigenvalue weighted by Gasteiger charge is 2.57. The van der Waals surface area contributed by atoms with Gasteiger partial charge in [-0.25, -0.2) is 0 Å². The molecule has 5 saturated heterocycles. The molecule has 5 aliphatic heterocycles. The molecule has 0 spiro atoms. The van der Waals surface area contributed by atoms with Gasteiger partial charge in [0.05, 0.1) is 37.6 Å². The highest BCUT2D eigenvalue weighted by atomic mass is 16.8. The number of rotatable bonds is 14. The molecule has 5 aliphatic rings. The number of hydrogen-bond acceptors (Lipinski definition) is 22. The van der Waals surface area contributed by atoms with E-state index < -0.39 is 172 Å². The summed E-state index contributed by atoms with van der Waals surface area (Å²) in [6.45, 7) is 7.87. The first kappa shape index (κ1) is 48.7. The summed E-state index contributed by atoms with van der Waals surface area (Å²) in [4.78, 5) is 12.3. The average Bonchev–Trinajstić information content (AvgIpc) is 3.20. The van der Waals surface area contributed by atoms with Crippen molar-refractivity contribution < 1.29 is 108 Å². The Bertz CT molecular complexity index is 1320. The fourth-order valence-electron chi connectivity index (χ4n) is 7.82. The molecule has 0 aromatic rings. The summed E-state index contributed by atoms with van der Waals surface area (Å²) in [7, 11) is 0. The van der Waals surface area contributed by atoms with Gasteiger partial charge in [-0.3, -0.25) is 4.79 Å². The first-order valence-electron chi connectivity index (χ1n) is 20.0. The first-order valence-corrected chi connectivity index (χ1v) is 20.0. The van der Waals surface area contributed by atoms with Gasteiger partial charge in [-0.2, -0.15) is 0 Å². The van der Waals surface area contributed by atoms with E-state index >= 15 is 0 Å². The normalized spacial score (nSPS) is 51.0. The smallest absolute Gasteiger partial charge is 0.217 e. The van der Waals surface area contributed by atoms with Crippen molar-refractivity contribution in [3.63, 3.8) is 0 Å². The van der Waals surface area contributed by atoms with Crippen molar-refractivity contribution in [1.29, 1.82) is 0 Å². The summed E-state index contributed by atoms with van der Waals surface area (Å²) in [5.41, 5.74) is 0. The lowest BCUT2D eigenvalue weighted by atomic mass is 9.92. The maximum absolute atomic E-state index is 12.3. The van der Waals surface area contributed by atoms with Crippen LogP contribution >= 0.6 is 0 Å². The summed E-state index contributed by atoms with van der Waals surface area (Å²) in [6, 6.07) is -1.56. The van der Waals surface area contributed by atoms with E-state index in [0.717, 1.165) is 6.92 Å². The van der Waals surface area contributed by atoms with E-state index in [0.29, 0.717) is 13.0 Å². The van der Waals surface area contributed by atoms with Crippen molar-refractivity contribution in [3.8, 4) is 0 Å². The first-order chi connectivity index (χ1) is 27.8. The fourth-order valence-corrected chi connectivity index (χ4v) is 7.82. The largest absolute Gasteiger partial charge is 0.394 e. The summed E-state index contributed by atoms with van der Waals surface area (Å²) >= 11 is 0. The van der Waals surface area contributed by atoms with Crippen LogP contribution in [0, 0.1) is 5.92 Å². The number of nitrogens with one attached hydrogen (secondary N) is 1. The zero-order valence-electron chi connectivity index (χ0n) is 33.7. The molecule has 344 valence electrons. The minimum Gasteiger partial charge on any atom is -0.394 e. The maximum Gasteiger partial charge on any atom is 0.217 e. The molecule has 59 heavy (non-hydrogen) atoms. The molecule has 0 saturated carbocycles. The number of carbonyl (C=O) groups excluding carboxylic acids is 1. The van der Waals surface area contributed by atoms with Crippen molar-refractivity contribution in [2.45, 2.75) is 195 Å². The minimum atomic E-state index is -1.98. The van der Waals surface area contributed by atoms with Crippen molar-refractivity contribution in [1.82, 2.24) is 5.32 Å². The molecule has 5 fully saturated rings. The van der Waals surface area contributed by atoms with Crippen LogP contribution in [0.1, 0.15) is 48.0 Å². The van der Waals surface area contributed by atoms with Crippen LogP contribution in [0.2, 0.25) is 0 Å². The average molecular weight is 862 g/mol. The van der Waals surface area contributed by atoms with Crippen LogP contribution in [0.4, 0.5) is 0 Å². The molecule has 23 nitrogen and oxygen atoms in total. The van der Waals surface area contributed by atoms with Crippen LogP contribution < -0.4 is 5.32 Å². The summed E-state index contributed by atoms with van der Waals surface area (Å²) in [5, 5.41) is 121. The van der Waals surface area contributed by atoms with Gasteiger partial charge in [0.2, 0.25) is 5.91 Å². The van der Waals surface area contributed by atoms with Gasteiger partial charge < -0.3 is 109 Å². The third-order valence-corrected chi connectivity index (χ3v) is 11.4. The van der Waals surface area contributed by atoms with Crippen LogP contribution in [-0.2, 0) is 52.2 Å². The van der Waals surface area contributed by atoms with Gasteiger partial charge >= 0.3 is 0 Å². The molecule has 5 rings (SSSR count). The van der Waals surface area contributed by atoms with Gasteiger partial charge in [0.1, 0.15) is 91.5 Å². The Morgan fingerprint density at radius 2 is 0.983 bits per heavy atom. The second-order valence-corrected chi connectivity index (χ2v) is 15.9. The molecule has 0 aliphatic carbocycles. The topological polar surface area (TPSA) is 344 Å². The second-order valence-electron chi connectivity index (χ2n) is 15.9. The van der Waals surface area contributed by atoms with Crippen molar-refractivity contribution in [3.05, 3.63) is 0 Å². The number of amides is 1. The Balaban J connectivity index is 1.52. The predicted octanol–water partition coefficient (Wildman–Crippen LogP) is -5.99. The van der Waals surface area contributed by atoms with Crippen molar-refractivity contribution in [2.24, 2.45) is 5.92 Å². The summed E-state index contributed by atoms with van der Waals surface area (Å²) in [6.07, 6.45) is -35.0. The Labute approximate surface area is 340 Å². The van der Waals surface area contributed by atoms with Gasteiger partial charge in [-0.15, -0.1) is 0 Å². The van der Waals surface area contributed by atoms with Crippen molar-refractivity contribution >= 4 is 5.91 Å². The van der Waals surface area contributed by atoms with Crippen LogP contribution in [0.15, 0.2) is 0 Å². The van der Waals surface area contributed by atoms with E-state index in [-0.39, 0.29) is 0 Å². The fraction of sp³-hybridized carbons (Fsp3) is 0.972. The number of hydrogen-bond donors (Lipinski definition) is 12. The Hall–Kier alpha value is -1.37. The lowest BCUT2D eigenvalue weighted by Crippen LogP contribution is -2.69. The van der Waals surface area contributed by atoms with E-state index in [1.54, 1.807) is 13.8 Å². The van der Waals surface area contributed by atoms with Crippen LogP contribution in [0.5, 0.6) is 0 Å². The Morgan fingerprint density at radius 1 is 0.508 bits per heavy atom. The number of carbonyl (C=O) groups is 1. The third-order valence-electron chi connectivity index (χ3n) is 11.4. The molecule has 12 N–H and O–H groups in total. The summed E-state index contributed by atoms with van der Waals surface area (Å²) in [5.74, 6) is -1.32. The second kappa shape index (κ2) is 20.9. The monoisotopic (exact) mass is 861 g/mol. The van der Waals surface area contributed by atoms with Gasteiger partial charge in [-0.05, 0) is 27.2 Å². The number of ether oxygens (including phenoxy) is 10. The molecule has 10 unspecified atom stereocenters. The predicted molar refractivity (Wildman–Crippen MR) is 191 cm³/mol. The lowest BCUT2D eigenvalue weighted by Gasteiger charge is -2.51. The van der Waals surface area contributed by atoms with Crippen molar-refractivity contribution in [2.75, 3.05) is 19.8 Å². The quantitative estimate of drug-likeness (QED) is 0.0773.